The third-order valence-electron chi connectivity index (χ3n) is 5.71. The van der Waals surface area contributed by atoms with Crippen LogP contribution in [-0.2, 0) is 10.9 Å². The normalized spacial score (nSPS) is 23.6. The molecule has 2 atom stereocenters. The molecule has 2 aliphatic rings. The van der Waals surface area contributed by atoms with E-state index < -0.39 is 17.8 Å². The SMILES string of the molecule is O=C(Nc1ccccc1-c1ccccc1C(F)(F)F)OCC1CC2CCC(C1)N2. The summed E-state index contributed by atoms with van der Waals surface area (Å²) >= 11 is 0. The predicted molar refractivity (Wildman–Crippen MR) is 105 cm³/mol. The van der Waals surface area contributed by atoms with Crippen LogP contribution in [0.5, 0.6) is 0 Å². The van der Waals surface area contributed by atoms with E-state index in [0.29, 0.717) is 35.9 Å². The number of rotatable bonds is 4. The zero-order chi connectivity index (χ0) is 20.4. The molecule has 4 rings (SSSR count). The smallest absolute Gasteiger partial charge is 0.417 e. The van der Waals surface area contributed by atoms with Gasteiger partial charge in [-0.05, 0) is 49.3 Å². The highest BCUT2D eigenvalue weighted by molar-refractivity contribution is 5.92. The van der Waals surface area contributed by atoms with Gasteiger partial charge < -0.3 is 10.1 Å². The molecule has 1 amide bonds. The maximum atomic E-state index is 13.4. The Kier molecular flexibility index (Phi) is 5.50. The van der Waals surface area contributed by atoms with Gasteiger partial charge in [0.15, 0.2) is 0 Å². The van der Waals surface area contributed by atoms with Crippen molar-refractivity contribution < 1.29 is 22.7 Å². The van der Waals surface area contributed by atoms with Crippen LogP contribution < -0.4 is 10.6 Å². The lowest BCUT2D eigenvalue weighted by Crippen LogP contribution is -2.39. The molecule has 2 aromatic carbocycles. The molecule has 0 spiro atoms. The number of hydrogen-bond donors (Lipinski definition) is 2. The summed E-state index contributed by atoms with van der Waals surface area (Å²) in [4.78, 5) is 12.3. The van der Waals surface area contributed by atoms with Crippen LogP contribution in [0.3, 0.4) is 0 Å². The zero-order valence-electron chi connectivity index (χ0n) is 15.8. The molecule has 4 nitrogen and oxygen atoms in total. The number of halogens is 3. The maximum Gasteiger partial charge on any atom is 0.417 e. The average Bonchev–Trinajstić information content (AvgIpc) is 3.04. The van der Waals surface area contributed by atoms with E-state index >= 15 is 0 Å². The molecule has 2 aromatic rings. The van der Waals surface area contributed by atoms with Gasteiger partial charge in [0, 0.05) is 17.6 Å². The van der Waals surface area contributed by atoms with Crippen LogP contribution in [0, 0.1) is 5.92 Å². The molecule has 0 radical (unpaired) electrons. The minimum atomic E-state index is -4.49. The molecular formula is C22H23F3N2O2. The van der Waals surface area contributed by atoms with Crippen molar-refractivity contribution in [1.29, 1.82) is 0 Å². The van der Waals surface area contributed by atoms with Gasteiger partial charge in [-0.2, -0.15) is 13.2 Å². The Hall–Kier alpha value is -2.54. The minimum absolute atomic E-state index is 0.0193. The number of para-hydroxylation sites is 1. The monoisotopic (exact) mass is 404 g/mol. The number of piperidine rings is 1. The second kappa shape index (κ2) is 8.06. The first-order valence-electron chi connectivity index (χ1n) is 9.85. The zero-order valence-corrected chi connectivity index (χ0v) is 15.8. The van der Waals surface area contributed by atoms with Crippen LogP contribution >= 0.6 is 0 Å². The number of hydrogen-bond acceptors (Lipinski definition) is 3. The van der Waals surface area contributed by atoms with E-state index in [0.717, 1.165) is 18.9 Å². The van der Waals surface area contributed by atoms with Gasteiger partial charge in [0.05, 0.1) is 17.9 Å². The Labute approximate surface area is 167 Å². The highest BCUT2D eigenvalue weighted by Gasteiger charge is 2.35. The number of nitrogens with one attached hydrogen (secondary N) is 2. The Bertz CT molecular complexity index is 872. The van der Waals surface area contributed by atoms with E-state index in [1.807, 2.05) is 0 Å². The third-order valence-corrected chi connectivity index (χ3v) is 5.71. The number of carbonyl (C=O) groups is 1. The summed E-state index contributed by atoms with van der Waals surface area (Å²) in [6.45, 7) is 0.321. The highest BCUT2D eigenvalue weighted by atomic mass is 19.4. The quantitative estimate of drug-likeness (QED) is 0.712. The van der Waals surface area contributed by atoms with E-state index in [-0.39, 0.29) is 5.56 Å². The van der Waals surface area contributed by atoms with E-state index in [9.17, 15) is 18.0 Å². The second-order valence-corrected chi connectivity index (χ2v) is 7.79. The summed E-state index contributed by atoms with van der Waals surface area (Å²) in [5.74, 6) is 0.320. The number of fused-ring (bicyclic) bond motifs is 2. The van der Waals surface area contributed by atoms with Crippen molar-refractivity contribution in [2.24, 2.45) is 5.92 Å². The lowest BCUT2D eigenvalue weighted by atomic mass is 9.93. The standard InChI is InChI=1S/C22H23F3N2O2/c23-22(24,25)19-7-3-1-5-17(19)18-6-2-4-8-20(18)27-21(28)29-13-14-11-15-9-10-16(12-14)26-15/h1-8,14-16,26H,9-13H2,(H,27,28). The van der Waals surface area contributed by atoms with Crippen molar-refractivity contribution in [3.05, 3.63) is 54.1 Å². The van der Waals surface area contributed by atoms with Gasteiger partial charge in [-0.25, -0.2) is 4.79 Å². The number of alkyl halides is 3. The van der Waals surface area contributed by atoms with Crippen LogP contribution in [0.15, 0.2) is 48.5 Å². The number of benzene rings is 2. The number of carbonyl (C=O) groups excluding carboxylic acids is 1. The molecule has 2 heterocycles. The summed E-state index contributed by atoms with van der Waals surface area (Å²) < 4.78 is 45.6. The highest BCUT2D eigenvalue weighted by Crippen LogP contribution is 2.39. The van der Waals surface area contributed by atoms with E-state index in [1.165, 1.54) is 25.0 Å². The molecular weight excluding hydrogens is 381 g/mol. The first-order valence-corrected chi connectivity index (χ1v) is 9.85. The second-order valence-electron chi connectivity index (χ2n) is 7.79. The van der Waals surface area contributed by atoms with Gasteiger partial charge in [0.1, 0.15) is 0 Å². The van der Waals surface area contributed by atoms with Crippen molar-refractivity contribution in [3.63, 3.8) is 0 Å². The van der Waals surface area contributed by atoms with Gasteiger partial charge in [0.25, 0.3) is 0 Å². The predicted octanol–water partition coefficient (Wildman–Crippen LogP) is 5.45. The van der Waals surface area contributed by atoms with Crippen molar-refractivity contribution in [2.75, 3.05) is 11.9 Å². The summed E-state index contributed by atoms with van der Waals surface area (Å²) in [5.41, 5.74) is -0.129. The molecule has 2 unspecified atom stereocenters. The van der Waals surface area contributed by atoms with Gasteiger partial charge >= 0.3 is 12.3 Å². The van der Waals surface area contributed by atoms with E-state index in [4.69, 9.17) is 4.74 Å². The van der Waals surface area contributed by atoms with Gasteiger partial charge in [-0.15, -0.1) is 0 Å². The molecule has 0 aromatic heterocycles. The fourth-order valence-corrected chi connectivity index (χ4v) is 4.44. The van der Waals surface area contributed by atoms with Crippen molar-refractivity contribution >= 4 is 11.8 Å². The summed E-state index contributed by atoms with van der Waals surface area (Å²) in [5, 5.41) is 6.16. The molecule has 2 saturated heterocycles. The van der Waals surface area contributed by atoms with Crippen LogP contribution in [-0.4, -0.2) is 24.8 Å². The van der Waals surface area contributed by atoms with Crippen LogP contribution in [0.4, 0.5) is 23.7 Å². The largest absolute Gasteiger partial charge is 0.449 e. The molecule has 2 fully saturated rings. The molecule has 7 heteroatoms. The van der Waals surface area contributed by atoms with Gasteiger partial charge in [0.2, 0.25) is 0 Å². The Balaban J connectivity index is 1.46. The first-order chi connectivity index (χ1) is 13.9. The lowest BCUT2D eigenvalue weighted by Gasteiger charge is -2.28. The molecule has 29 heavy (non-hydrogen) atoms. The molecule has 2 aliphatic heterocycles. The summed E-state index contributed by atoms with van der Waals surface area (Å²) in [7, 11) is 0. The Morgan fingerprint density at radius 1 is 1.00 bits per heavy atom. The van der Waals surface area contributed by atoms with Crippen molar-refractivity contribution in [1.82, 2.24) is 5.32 Å². The van der Waals surface area contributed by atoms with Crippen molar-refractivity contribution in [3.8, 4) is 11.1 Å². The first kappa shape index (κ1) is 19.8. The Morgan fingerprint density at radius 2 is 1.62 bits per heavy atom. The van der Waals surface area contributed by atoms with Crippen LogP contribution in [0.2, 0.25) is 0 Å². The van der Waals surface area contributed by atoms with Gasteiger partial charge in [-0.3, -0.25) is 5.32 Å². The minimum Gasteiger partial charge on any atom is -0.449 e. The van der Waals surface area contributed by atoms with E-state index in [2.05, 4.69) is 10.6 Å². The Morgan fingerprint density at radius 3 is 2.31 bits per heavy atom. The molecule has 2 bridgehead atoms. The summed E-state index contributed by atoms with van der Waals surface area (Å²) in [6.07, 6.45) is -0.830. The van der Waals surface area contributed by atoms with E-state index in [1.54, 1.807) is 30.3 Å². The topological polar surface area (TPSA) is 50.4 Å². The van der Waals surface area contributed by atoms with Gasteiger partial charge in [-0.1, -0.05) is 36.4 Å². The van der Waals surface area contributed by atoms with Crippen LogP contribution in [0.1, 0.15) is 31.2 Å². The number of amides is 1. The lowest BCUT2D eigenvalue weighted by molar-refractivity contribution is -0.137. The molecule has 2 N–H and O–H groups in total. The summed E-state index contributed by atoms with van der Waals surface area (Å²) in [6, 6.07) is 12.8. The maximum absolute atomic E-state index is 13.4. The molecule has 154 valence electrons. The third kappa shape index (κ3) is 4.56. The average molecular weight is 404 g/mol. The fraction of sp³-hybridized carbons (Fsp3) is 0.409. The molecule has 0 aliphatic carbocycles. The number of anilines is 1. The fourth-order valence-electron chi connectivity index (χ4n) is 4.44. The number of ether oxygens (including phenoxy) is 1. The molecule has 0 saturated carbocycles. The van der Waals surface area contributed by atoms with Crippen molar-refractivity contribution in [2.45, 2.75) is 43.9 Å². The van der Waals surface area contributed by atoms with Crippen LogP contribution in [0.25, 0.3) is 11.1 Å².